The van der Waals surface area contributed by atoms with Crippen LogP contribution >= 0.6 is 0 Å². The number of benzene rings is 1. The van der Waals surface area contributed by atoms with Gasteiger partial charge in [-0.25, -0.2) is 14.1 Å². The van der Waals surface area contributed by atoms with Crippen molar-refractivity contribution in [1.29, 1.82) is 0 Å². The first-order valence-electron chi connectivity index (χ1n) is 7.94. The molecule has 0 aliphatic carbocycles. The molecule has 2 aliphatic rings. The highest BCUT2D eigenvalue weighted by atomic mass is 19.1. The lowest BCUT2D eigenvalue weighted by atomic mass is 10.3. The summed E-state index contributed by atoms with van der Waals surface area (Å²) in [5.74, 6) is -0.739. The fourth-order valence-electron chi connectivity index (χ4n) is 2.80. The van der Waals surface area contributed by atoms with E-state index in [9.17, 15) is 19.1 Å². The van der Waals surface area contributed by atoms with Crippen LogP contribution in [0.25, 0.3) is 0 Å². The number of nitrogens with zero attached hydrogens (tertiary/aromatic N) is 3. The molecule has 1 N–H and O–H groups in total. The fraction of sp³-hybridized carbons (Fsp3) is 0.500. The maximum Gasteiger partial charge on any atom is 0.416 e. The molecule has 2 aliphatic heterocycles. The number of aliphatic hydroxyl groups is 1. The molecule has 8 nitrogen and oxygen atoms in total. The Morgan fingerprint density at radius 1 is 1.40 bits per heavy atom. The number of alkyl halides is 1. The number of carbonyl (C=O) groups is 2. The van der Waals surface area contributed by atoms with Gasteiger partial charge < -0.3 is 19.5 Å². The number of cyclic esters (lactones) is 1. The summed E-state index contributed by atoms with van der Waals surface area (Å²) < 4.78 is 24.0. The minimum absolute atomic E-state index is 0.0997. The van der Waals surface area contributed by atoms with E-state index in [0.717, 1.165) is 9.80 Å². The molecule has 3 rings (SSSR count). The quantitative estimate of drug-likeness (QED) is 0.788. The summed E-state index contributed by atoms with van der Waals surface area (Å²) >= 11 is 0. The highest BCUT2D eigenvalue weighted by molar-refractivity contribution is 5.90. The van der Waals surface area contributed by atoms with E-state index in [1.807, 2.05) is 6.07 Å². The summed E-state index contributed by atoms with van der Waals surface area (Å²) in [6, 6.07) is 8.90. The number of hydrogen-bond donors (Lipinski definition) is 1. The van der Waals surface area contributed by atoms with Gasteiger partial charge in [-0.1, -0.05) is 18.2 Å². The molecule has 2 fully saturated rings. The lowest BCUT2D eigenvalue weighted by Gasteiger charge is -2.35. The van der Waals surface area contributed by atoms with Crippen molar-refractivity contribution in [2.24, 2.45) is 0 Å². The van der Waals surface area contributed by atoms with Crippen LogP contribution in [0.2, 0.25) is 0 Å². The highest BCUT2D eigenvalue weighted by Crippen LogP contribution is 2.23. The second kappa shape index (κ2) is 7.34. The summed E-state index contributed by atoms with van der Waals surface area (Å²) in [6.45, 7) is 0.255. The average molecular weight is 353 g/mol. The second-order valence-electron chi connectivity index (χ2n) is 5.85. The molecule has 1 aromatic carbocycles. The van der Waals surface area contributed by atoms with Crippen molar-refractivity contribution < 1.29 is 28.6 Å². The molecule has 2 amide bonds. The number of carbonyl (C=O) groups excluding carboxylic acids is 2. The number of aliphatic hydroxyl groups excluding tert-OH is 1. The van der Waals surface area contributed by atoms with Crippen LogP contribution < -0.4 is 4.90 Å². The van der Waals surface area contributed by atoms with E-state index in [1.54, 1.807) is 24.3 Å². The minimum atomic E-state index is -1.66. The van der Waals surface area contributed by atoms with E-state index in [1.165, 1.54) is 11.9 Å². The number of morpholine rings is 1. The predicted octanol–water partition coefficient (Wildman–Crippen LogP) is 0.374. The Kier molecular flexibility index (Phi) is 5.16. The third-order valence-electron chi connectivity index (χ3n) is 4.29. The number of rotatable bonds is 4. The van der Waals surface area contributed by atoms with Gasteiger partial charge in [0, 0.05) is 19.3 Å². The lowest BCUT2D eigenvalue weighted by molar-refractivity contribution is -0.175. The Hall–Kier alpha value is -2.23. The maximum atomic E-state index is 13.8. The van der Waals surface area contributed by atoms with E-state index >= 15 is 0 Å². The van der Waals surface area contributed by atoms with E-state index in [2.05, 4.69) is 0 Å². The molecule has 0 spiro atoms. The van der Waals surface area contributed by atoms with E-state index in [4.69, 9.17) is 9.47 Å². The van der Waals surface area contributed by atoms with Gasteiger partial charge in [0.1, 0.15) is 0 Å². The minimum Gasteiger partial charge on any atom is -0.423 e. The number of hydrogen-bond acceptors (Lipinski definition) is 6. The van der Waals surface area contributed by atoms with E-state index in [-0.39, 0.29) is 26.3 Å². The maximum absolute atomic E-state index is 13.8. The first kappa shape index (κ1) is 17.6. The molecule has 3 atom stereocenters. The summed E-state index contributed by atoms with van der Waals surface area (Å²) in [5.41, 5.74) is 0.647. The number of amides is 2. The zero-order valence-electron chi connectivity index (χ0n) is 13.7. The number of anilines is 1. The van der Waals surface area contributed by atoms with Crippen LogP contribution in [0.4, 0.5) is 14.9 Å². The molecule has 9 heteroatoms. The largest absolute Gasteiger partial charge is 0.423 e. The van der Waals surface area contributed by atoms with Gasteiger partial charge in [0.25, 0.3) is 5.91 Å². The zero-order valence-corrected chi connectivity index (χ0v) is 13.7. The normalized spacial score (nSPS) is 25.6. The summed E-state index contributed by atoms with van der Waals surface area (Å²) in [5, 5.41) is 10.2. The first-order valence-corrected chi connectivity index (χ1v) is 7.94. The van der Waals surface area contributed by atoms with Gasteiger partial charge in [-0.15, -0.1) is 0 Å². The molecule has 1 aromatic rings. The van der Waals surface area contributed by atoms with Gasteiger partial charge in [-0.2, -0.15) is 0 Å². The molecule has 0 bridgehead atoms. The van der Waals surface area contributed by atoms with Crippen molar-refractivity contribution in [3.63, 3.8) is 0 Å². The molecule has 25 heavy (non-hydrogen) atoms. The van der Waals surface area contributed by atoms with Crippen LogP contribution in [0.15, 0.2) is 30.3 Å². The van der Waals surface area contributed by atoms with Crippen LogP contribution in [0.1, 0.15) is 0 Å². The second-order valence-corrected chi connectivity index (χ2v) is 5.85. The Morgan fingerprint density at radius 3 is 2.80 bits per heavy atom. The van der Waals surface area contributed by atoms with Crippen molar-refractivity contribution in [3.05, 3.63) is 30.3 Å². The van der Waals surface area contributed by atoms with Crippen molar-refractivity contribution in [1.82, 2.24) is 9.80 Å². The summed E-state index contributed by atoms with van der Waals surface area (Å²) in [4.78, 5) is 28.0. The van der Waals surface area contributed by atoms with Gasteiger partial charge in [0.2, 0.25) is 0 Å². The molecule has 0 radical (unpaired) electrons. The van der Waals surface area contributed by atoms with Gasteiger partial charge >= 0.3 is 6.09 Å². The molecule has 0 saturated carbocycles. The number of halogens is 1. The average Bonchev–Trinajstić information content (AvgIpc) is 3.03. The van der Waals surface area contributed by atoms with Gasteiger partial charge in [0.15, 0.2) is 18.8 Å². The molecular formula is C16H20FN3O5. The van der Waals surface area contributed by atoms with Crippen LogP contribution in [0.3, 0.4) is 0 Å². The molecule has 3 unspecified atom stereocenters. The predicted molar refractivity (Wildman–Crippen MR) is 85.3 cm³/mol. The van der Waals surface area contributed by atoms with Crippen molar-refractivity contribution in [3.8, 4) is 0 Å². The van der Waals surface area contributed by atoms with Crippen molar-refractivity contribution >= 4 is 17.7 Å². The Morgan fingerprint density at radius 2 is 2.12 bits per heavy atom. The number of ether oxygens (including phenoxy) is 2. The Labute approximate surface area is 144 Å². The molecular weight excluding hydrogens is 333 g/mol. The first-order chi connectivity index (χ1) is 12.0. The zero-order chi connectivity index (χ0) is 18.0. The van der Waals surface area contributed by atoms with Gasteiger partial charge in [0.05, 0.1) is 19.8 Å². The van der Waals surface area contributed by atoms with Crippen LogP contribution in [-0.2, 0) is 14.3 Å². The molecule has 2 heterocycles. The van der Waals surface area contributed by atoms with Gasteiger partial charge in [-0.3, -0.25) is 9.69 Å². The molecule has 0 aromatic heterocycles. The third-order valence-corrected chi connectivity index (χ3v) is 4.29. The Balaban J connectivity index is 1.65. The number of likely N-dealkylation sites (N-methyl/N-ethyl adjacent to an activating group) is 1. The van der Waals surface area contributed by atoms with Crippen LogP contribution in [-0.4, -0.2) is 79.0 Å². The topological polar surface area (TPSA) is 82.6 Å². The Bertz CT molecular complexity index is 631. The SMILES string of the molecule is CN(C(=O)C(O)N1CCOCC1F)C1CN(c2ccccc2)C(=O)O1. The van der Waals surface area contributed by atoms with Crippen molar-refractivity contribution in [2.75, 3.05) is 38.3 Å². The van der Waals surface area contributed by atoms with Crippen LogP contribution in [0, 0.1) is 0 Å². The van der Waals surface area contributed by atoms with Crippen molar-refractivity contribution in [2.45, 2.75) is 18.8 Å². The fourth-order valence-corrected chi connectivity index (χ4v) is 2.80. The van der Waals surface area contributed by atoms with Crippen LogP contribution in [0.5, 0.6) is 0 Å². The van der Waals surface area contributed by atoms with Gasteiger partial charge in [-0.05, 0) is 12.1 Å². The number of para-hydroxylation sites is 1. The third kappa shape index (κ3) is 3.58. The molecule has 136 valence electrons. The monoisotopic (exact) mass is 353 g/mol. The summed E-state index contributed by atoms with van der Waals surface area (Å²) in [7, 11) is 1.41. The standard InChI is InChI=1S/C16H20FN3O5/c1-18(14(21)15(22)19-7-8-24-10-12(19)17)13-9-20(16(23)25-13)11-5-3-2-4-6-11/h2-6,12-13,15,22H,7-10H2,1H3. The van der Waals surface area contributed by atoms with E-state index < -0.39 is 30.8 Å². The lowest BCUT2D eigenvalue weighted by Crippen LogP contribution is -2.56. The van der Waals surface area contributed by atoms with E-state index in [0.29, 0.717) is 5.69 Å². The molecule has 2 saturated heterocycles. The highest BCUT2D eigenvalue weighted by Gasteiger charge is 2.40. The summed E-state index contributed by atoms with van der Waals surface area (Å²) in [6.07, 6.45) is -4.67. The smallest absolute Gasteiger partial charge is 0.416 e.